The van der Waals surface area contributed by atoms with Gasteiger partial charge in [0.25, 0.3) is 0 Å². The highest BCUT2D eigenvalue weighted by Gasteiger charge is 2.19. The molecule has 0 spiro atoms. The van der Waals surface area contributed by atoms with Crippen molar-refractivity contribution in [3.05, 3.63) is 0 Å². The van der Waals surface area contributed by atoms with E-state index < -0.39 is 11.6 Å². The molecule has 0 aliphatic heterocycles. The van der Waals surface area contributed by atoms with Crippen LogP contribution in [-0.4, -0.2) is 23.8 Å². The van der Waals surface area contributed by atoms with Crippen molar-refractivity contribution in [2.45, 2.75) is 45.2 Å². The Bertz CT molecular complexity index is 185. The van der Waals surface area contributed by atoms with Crippen LogP contribution in [0.25, 0.3) is 0 Å². The number of carbonyl (C=O) groups is 2. The molecule has 3 N–H and O–H groups in total. The topological polar surface area (TPSA) is 72.2 Å². The van der Waals surface area contributed by atoms with Crippen molar-refractivity contribution in [3.8, 4) is 0 Å². The van der Waals surface area contributed by atoms with E-state index in [1.807, 2.05) is 13.8 Å². The van der Waals surface area contributed by atoms with Gasteiger partial charge in [-0.1, -0.05) is 6.92 Å². The van der Waals surface area contributed by atoms with Crippen molar-refractivity contribution < 1.29 is 9.59 Å². The maximum atomic E-state index is 11.0. The highest BCUT2D eigenvalue weighted by molar-refractivity contribution is 5.79. The SMILES string of the molecule is CCC(=O)NC(C=O)CC(C)(C)N. The highest BCUT2D eigenvalue weighted by Crippen LogP contribution is 2.06. The smallest absolute Gasteiger partial charge is 0.220 e. The van der Waals surface area contributed by atoms with Gasteiger partial charge in [0.2, 0.25) is 5.91 Å². The fraction of sp³-hybridized carbons (Fsp3) is 0.778. The van der Waals surface area contributed by atoms with Crippen LogP contribution in [0.3, 0.4) is 0 Å². The van der Waals surface area contributed by atoms with E-state index in [0.29, 0.717) is 12.8 Å². The molecule has 0 radical (unpaired) electrons. The van der Waals surface area contributed by atoms with Gasteiger partial charge in [-0.3, -0.25) is 4.79 Å². The van der Waals surface area contributed by atoms with Gasteiger partial charge in [0.1, 0.15) is 6.29 Å². The van der Waals surface area contributed by atoms with Crippen molar-refractivity contribution >= 4 is 12.2 Å². The van der Waals surface area contributed by atoms with Gasteiger partial charge < -0.3 is 15.8 Å². The summed E-state index contributed by atoms with van der Waals surface area (Å²) in [5, 5.41) is 2.59. The lowest BCUT2D eigenvalue weighted by atomic mass is 9.97. The minimum atomic E-state index is -0.465. The van der Waals surface area contributed by atoms with Gasteiger partial charge in [0.15, 0.2) is 0 Å². The first-order valence-electron chi connectivity index (χ1n) is 4.42. The van der Waals surface area contributed by atoms with Crippen molar-refractivity contribution in [1.82, 2.24) is 5.32 Å². The molecule has 0 heterocycles. The lowest BCUT2D eigenvalue weighted by Gasteiger charge is -2.22. The van der Waals surface area contributed by atoms with Crippen LogP contribution in [0.2, 0.25) is 0 Å². The molecule has 4 heteroatoms. The predicted molar refractivity (Wildman–Crippen MR) is 51.2 cm³/mol. The lowest BCUT2D eigenvalue weighted by molar-refractivity contribution is -0.124. The maximum Gasteiger partial charge on any atom is 0.220 e. The molecule has 0 aliphatic carbocycles. The molecule has 1 unspecified atom stereocenters. The average molecular weight is 186 g/mol. The van der Waals surface area contributed by atoms with E-state index >= 15 is 0 Å². The lowest BCUT2D eigenvalue weighted by Crippen LogP contribution is -2.44. The van der Waals surface area contributed by atoms with Gasteiger partial charge in [-0.25, -0.2) is 0 Å². The van der Waals surface area contributed by atoms with Crippen LogP contribution in [0.5, 0.6) is 0 Å². The van der Waals surface area contributed by atoms with Crippen LogP contribution >= 0.6 is 0 Å². The zero-order valence-electron chi connectivity index (χ0n) is 8.46. The second kappa shape index (κ2) is 4.97. The quantitative estimate of drug-likeness (QED) is 0.603. The van der Waals surface area contributed by atoms with Crippen LogP contribution in [0, 0.1) is 0 Å². The van der Waals surface area contributed by atoms with Crippen LogP contribution in [-0.2, 0) is 9.59 Å². The third kappa shape index (κ3) is 6.28. The van der Waals surface area contributed by atoms with Crippen molar-refractivity contribution in [2.24, 2.45) is 5.73 Å². The van der Waals surface area contributed by atoms with Crippen LogP contribution in [0.1, 0.15) is 33.6 Å². The van der Waals surface area contributed by atoms with E-state index in [0.717, 1.165) is 6.29 Å². The number of aldehydes is 1. The molecule has 0 fully saturated rings. The summed E-state index contributed by atoms with van der Waals surface area (Å²) in [6, 6.07) is -0.465. The summed E-state index contributed by atoms with van der Waals surface area (Å²) in [5.74, 6) is -0.124. The molecule has 4 nitrogen and oxygen atoms in total. The number of hydrogen-bond acceptors (Lipinski definition) is 3. The molecule has 0 saturated carbocycles. The molecule has 1 amide bonds. The summed E-state index contributed by atoms with van der Waals surface area (Å²) in [5.41, 5.74) is 5.28. The third-order valence-electron chi connectivity index (χ3n) is 1.58. The second-order valence-electron chi connectivity index (χ2n) is 3.86. The number of amides is 1. The first-order chi connectivity index (χ1) is 5.89. The van der Waals surface area contributed by atoms with Crippen molar-refractivity contribution in [3.63, 3.8) is 0 Å². The first kappa shape index (κ1) is 12.1. The molecule has 1 atom stereocenters. The summed E-state index contributed by atoms with van der Waals surface area (Å²) in [4.78, 5) is 21.5. The number of hydrogen-bond donors (Lipinski definition) is 2. The molecule has 0 aliphatic rings. The van der Waals surface area contributed by atoms with Crippen molar-refractivity contribution in [1.29, 1.82) is 0 Å². The number of nitrogens with one attached hydrogen (secondary N) is 1. The molecule has 0 rings (SSSR count). The Kier molecular flexibility index (Phi) is 4.62. The Hall–Kier alpha value is -0.900. The molecule has 76 valence electrons. The first-order valence-corrected chi connectivity index (χ1v) is 4.42. The van der Waals surface area contributed by atoms with Gasteiger partial charge in [-0.05, 0) is 20.3 Å². The fourth-order valence-electron chi connectivity index (χ4n) is 1.01. The maximum absolute atomic E-state index is 11.0. The number of nitrogens with two attached hydrogens (primary N) is 1. The van der Waals surface area contributed by atoms with E-state index in [2.05, 4.69) is 5.32 Å². The molecule has 13 heavy (non-hydrogen) atoms. The largest absolute Gasteiger partial charge is 0.347 e. The summed E-state index contributed by atoms with van der Waals surface area (Å²) < 4.78 is 0. The molecule has 0 bridgehead atoms. The van der Waals surface area contributed by atoms with E-state index in [1.54, 1.807) is 6.92 Å². The summed E-state index contributed by atoms with van der Waals surface area (Å²) in [6.07, 6.45) is 1.57. The van der Waals surface area contributed by atoms with Gasteiger partial charge in [-0.15, -0.1) is 0 Å². The molecule has 0 saturated heterocycles. The predicted octanol–water partition coefficient (Wildman–Crippen LogP) is 0.208. The standard InChI is InChI=1S/C9H18N2O2/c1-4-8(13)11-7(6-12)5-9(2,3)10/h6-7H,4-5,10H2,1-3H3,(H,11,13). The van der Waals surface area contributed by atoms with Crippen LogP contribution in [0.4, 0.5) is 0 Å². The monoisotopic (exact) mass is 186 g/mol. The Morgan fingerprint density at radius 1 is 1.62 bits per heavy atom. The van der Waals surface area contributed by atoms with E-state index in [4.69, 9.17) is 5.73 Å². The van der Waals surface area contributed by atoms with E-state index in [9.17, 15) is 9.59 Å². The Morgan fingerprint density at radius 2 is 2.15 bits per heavy atom. The molecular weight excluding hydrogens is 168 g/mol. The van der Waals surface area contributed by atoms with Gasteiger partial charge >= 0.3 is 0 Å². The van der Waals surface area contributed by atoms with Crippen LogP contribution in [0.15, 0.2) is 0 Å². The molecule has 0 aromatic carbocycles. The summed E-state index contributed by atoms with van der Waals surface area (Å²) in [6.45, 7) is 5.38. The molecule has 0 aromatic heterocycles. The Morgan fingerprint density at radius 3 is 2.46 bits per heavy atom. The normalized spacial score (nSPS) is 13.5. The minimum Gasteiger partial charge on any atom is -0.347 e. The Labute approximate surface area is 78.9 Å². The zero-order valence-corrected chi connectivity index (χ0v) is 8.46. The fourth-order valence-corrected chi connectivity index (χ4v) is 1.01. The van der Waals surface area contributed by atoms with E-state index in [-0.39, 0.29) is 5.91 Å². The zero-order chi connectivity index (χ0) is 10.5. The summed E-state index contributed by atoms with van der Waals surface area (Å²) >= 11 is 0. The number of carbonyl (C=O) groups excluding carboxylic acids is 2. The average Bonchev–Trinajstić information content (AvgIpc) is 2.00. The van der Waals surface area contributed by atoms with Crippen molar-refractivity contribution in [2.75, 3.05) is 0 Å². The van der Waals surface area contributed by atoms with E-state index in [1.165, 1.54) is 0 Å². The Balaban J connectivity index is 4.04. The number of rotatable bonds is 5. The molecular formula is C9H18N2O2. The van der Waals surface area contributed by atoms with Gasteiger partial charge in [0, 0.05) is 12.0 Å². The van der Waals surface area contributed by atoms with Gasteiger partial charge in [0.05, 0.1) is 6.04 Å². The third-order valence-corrected chi connectivity index (χ3v) is 1.58. The minimum absolute atomic E-state index is 0.124. The van der Waals surface area contributed by atoms with Crippen LogP contribution < -0.4 is 11.1 Å². The molecule has 0 aromatic rings. The second-order valence-corrected chi connectivity index (χ2v) is 3.86. The summed E-state index contributed by atoms with van der Waals surface area (Å²) in [7, 11) is 0. The van der Waals surface area contributed by atoms with Gasteiger partial charge in [-0.2, -0.15) is 0 Å². The highest BCUT2D eigenvalue weighted by atomic mass is 16.2.